The van der Waals surface area contributed by atoms with E-state index >= 15 is 0 Å². The molecule has 3 rings (SSSR count). The molecule has 0 spiro atoms. The van der Waals surface area contributed by atoms with Gasteiger partial charge in [-0.05, 0) is 36.8 Å². The first kappa shape index (κ1) is 20.9. The third kappa shape index (κ3) is 4.57. The van der Waals surface area contributed by atoms with Gasteiger partial charge in [0.05, 0.1) is 11.1 Å². The Bertz CT molecular complexity index is 949. The average Bonchev–Trinajstić information content (AvgIpc) is 2.70. The van der Waals surface area contributed by atoms with E-state index in [-0.39, 0.29) is 48.2 Å². The van der Waals surface area contributed by atoms with Crippen molar-refractivity contribution in [1.82, 2.24) is 19.5 Å². The molecule has 7 nitrogen and oxygen atoms in total. The van der Waals surface area contributed by atoms with Crippen LogP contribution < -0.4 is 5.32 Å². The minimum absolute atomic E-state index is 0.0234. The van der Waals surface area contributed by atoms with Gasteiger partial charge in [0.15, 0.2) is 0 Å². The number of aromatic nitrogens is 1. The lowest BCUT2D eigenvalue weighted by Crippen LogP contribution is -2.53. The van der Waals surface area contributed by atoms with Crippen molar-refractivity contribution < 1.29 is 13.2 Å². The van der Waals surface area contributed by atoms with Crippen LogP contribution in [0.5, 0.6) is 0 Å². The van der Waals surface area contributed by atoms with Crippen molar-refractivity contribution in [2.75, 3.05) is 26.2 Å². The Morgan fingerprint density at radius 2 is 1.89 bits per heavy atom. The zero-order valence-electron chi connectivity index (χ0n) is 15.2. The summed E-state index contributed by atoms with van der Waals surface area (Å²) in [6.45, 7) is 2.79. The summed E-state index contributed by atoms with van der Waals surface area (Å²) in [5.41, 5.74) is 0.896. The van der Waals surface area contributed by atoms with Gasteiger partial charge in [-0.25, -0.2) is 13.2 Å². The molecule has 1 unspecified atom stereocenters. The topological polar surface area (TPSA) is 82.6 Å². The predicted octanol–water partition coefficient (Wildman–Crippen LogP) is 3.17. The molecule has 1 aromatic carbocycles. The molecule has 10 heteroatoms. The maximum atomic E-state index is 12.9. The maximum absolute atomic E-state index is 12.9. The summed E-state index contributed by atoms with van der Waals surface area (Å²) < 4.78 is 27.0. The van der Waals surface area contributed by atoms with E-state index in [1.165, 1.54) is 22.5 Å². The number of hydrogen-bond donors (Lipinski definition) is 1. The summed E-state index contributed by atoms with van der Waals surface area (Å²) in [6.07, 6.45) is 3.37. The van der Waals surface area contributed by atoms with E-state index in [4.69, 9.17) is 23.2 Å². The number of benzene rings is 1. The van der Waals surface area contributed by atoms with Crippen LogP contribution in [0.2, 0.25) is 10.0 Å². The van der Waals surface area contributed by atoms with E-state index in [1.54, 1.807) is 17.3 Å². The third-order valence-electron chi connectivity index (χ3n) is 4.56. The molecule has 1 aliphatic rings. The Kier molecular flexibility index (Phi) is 6.44. The van der Waals surface area contributed by atoms with Crippen LogP contribution in [0.15, 0.2) is 47.6 Å². The molecule has 2 amide bonds. The number of nitrogens with one attached hydrogen (secondary N) is 1. The fourth-order valence-corrected chi connectivity index (χ4v) is 5.10. The monoisotopic (exact) mass is 442 g/mol. The molecule has 1 N–H and O–H groups in total. The van der Waals surface area contributed by atoms with Crippen LogP contribution in [0.1, 0.15) is 18.5 Å². The maximum Gasteiger partial charge on any atom is 0.317 e. The Balaban J connectivity index is 1.62. The van der Waals surface area contributed by atoms with Gasteiger partial charge in [0, 0.05) is 43.6 Å². The molecule has 1 atom stereocenters. The minimum atomic E-state index is -3.78. The summed E-state index contributed by atoms with van der Waals surface area (Å²) in [5, 5.41) is 3.33. The van der Waals surface area contributed by atoms with Gasteiger partial charge in [0.1, 0.15) is 4.90 Å². The number of hydrogen-bond acceptors (Lipinski definition) is 4. The van der Waals surface area contributed by atoms with Gasteiger partial charge in [-0.15, -0.1) is 0 Å². The van der Waals surface area contributed by atoms with Crippen LogP contribution in [0.3, 0.4) is 0 Å². The van der Waals surface area contributed by atoms with Gasteiger partial charge in [-0.3, -0.25) is 4.98 Å². The first-order chi connectivity index (χ1) is 13.3. The van der Waals surface area contributed by atoms with E-state index < -0.39 is 10.0 Å². The van der Waals surface area contributed by atoms with E-state index in [0.29, 0.717) is 5.02 Å². The standard InChI is InChI=1S/C18H20Cl2N4O3S/c1-13(14-3-2-6-21-12-14)22-18(25)23-7-9-24(10-8-23)28(26,27)17-11-15(19)4-5-16(17)20/h2-6,11-13H,7-10H2,1H3,(H,22,25). The summed E-state index contributed by atoms with van der Waals surface area (Å²) >= 11 is 12.0. The van der Waals surface area contributed by atoms with E-state index in [1.807, 2.05) is 19.1 Å². The molecule has 1 saturated heterocycles. The molecule has 1 aromatic heterocycles. The summed E-state index contributed by atoms with van der Waals surface area (Å²) in [4.78, 5) is 18.1. The van der Waals surface area contributed by atoms with Crippen molar-refractivity contribution in [1.29, 1.82) is 0 Å². The molecule has 0 radical (unpaired) electrons. The van der Waals surface area contributed by atoms with Crippen molar-refractivity contribution in [3.63, 3.8) is 0 Å². The van der Waals surface area contributed by atoms with Crippen molar-refractivity contribution in [2.45, 2.75) is 17.9 Å². The number of pyridine rings is 1. The van der Waals surface area contributed by atoms with Crippen molar-refractivity contribution in [3.05, 3.63) is 58.3 Å². The largest absolute Gasteiger partial charge is 0.331 e. The molecule has 28 heavy (non-hydrogen) atoms. The van der Waals surface area contributed by atoms with E-state index in [0.717, 1.165) is 5.56 Å². The van der Waals surface area contributed by atoms with Crippen LogP contribution in [0.4, 0.5) is 4.79 Å². The molecular weight excluding hydrogens is 423 g/mol. The predicted molar refractivity (Wildman–Crippen MR) is 108 cm³/mol. The Labute approximate surface area is 174 Å². The van der Waals surface area contributed by atoms with E-state index in [2.05, 4.69) is 10.3 Å². The molecule has 150 valence electrons. The van der Waals surface area contributed by atoms with Crippen LogP contribution >= 0.6 is 23.2 Å². The van der Waals surface area contributed by atoms with E-state index in [9.17, 15) is 13.2 Å². The number of nitrogens with zero attached hydrogens (tertiary/aromatic N) is 3. The number of sulfonamides is 1. The van der Waals surface area contributed by atoms with Gasteiger partial charge in [0.2, 0.25) is 10.0 Å². The first-order valence-corrected chi connectivity index (χ1v) is 10.9. The first-order valence-electron chi connectivity index (χ1n) is 8.69. The summed E-state index contributed by atoms with van der Waals surface area (Å²) in [6, 6.07) is 7.59. The molecule has 0 aliphatic carbocycles. The normalized spacial score (nSPS) is 16.6. The second-order valence-corrected chi connectivity index (χ2v) is 9.17. The highest BCUT2D eigenvalue weighted by Crippen LogP contribution is 2.28. The lowest BCUT2D eigenvalue weighted by atomic mass is 10.1. The highest BCUT2D eigenvalue weighted by atomic mass is 35.5. The highest BCUT2D eigenvalue weighted by Gasteiger charge is 2.32. The quantitative estimate of drug-likeness (QED) is 0.787. The van der Waals surface area contributed by atoms with Gasteiger partial charge in [-0.2, -0.15) is 4.31 Å². The van der Waals surface area contributed by atoms with Crippen LogP contribution in [-0.4, -0.2) is 54.8 Å². The minimum Gasteiger partial charge on any atom is -0.331 e. The Hall–Kier alpha value is -1.87. The van der Waals surface area contributed by atoms with Crippen LogP contribution in [0, 0.1) is 0 Å². The zero-order valence-corrected chi connectivity index (χ0v) is 17.5. The number of piperazine rings is 1. The SMILES string of the molecule is CC(NC(=O)N1CCN(S(=O)(=O)c2cc(Cl)ccc2Cl)CC1)c1cccnc1. The lowest BCUT2D eigenvalue weighted by Gasteiger charge is -2.34. The van der Waals surface area contributed by atoms with Gasteiger partial charge in [0.25, 0.3) is 0 Å². The number of halogens is 2. The second-order valence-electron chi connectivity index (χ2n) is 6.42. The smallest absolute Gasteiger partial charge is 0.317 e. The molecule has 0 saturated carbocycles. The number of carbonyl (C=O) groups is 1. The van der Waals surface area contributed by atoms with Gasteiger partial charge >= 0.3 is 6.03 Å². The molecule has 2 heterocycles. The number of amides is 2. The summed E-state index contributed by atoms with van der Waals surface area (Å²) in [7, 11) is -3.78. The Morgan fingerprint density at radius 3 is 2.54 bits per heavy atom. The Morgan fingerprint density at radius 1 is 1.18 bits per heavy atom. The number of urea groups is 1. The van der Waals surface area contributed by atoms with Crippen LogP contribution in [0.25, 0.3) is 0 Å². The number of carbonyl (C=O) groups excluding carboxylic acids is 1. The van der Waals surface area contributed by atoms with Gasteiger partial charge < -0.3 is 10.2 Å². The zero-order chi connectivity index (χ0) is 20.3. The second kappa shape index (κ2) is 8.65. The fraction of sp³-hybridized carbons (Fsp3) is 0.333. The lowest BCUT2D eigenvalue weighted by molar-refractivity contribution is 0.169. The molecular formula is C18H20Cl2N4O3S. The molecule has 2 aromatic rings. The van der Waals surface area contributed by atoms with Gasteiger partial charge in [-0.1, -0.05) is 29.3 Å². The molecule has 1 aliphatic heterocycles. The summed E-state index contributed by atoms with van der Waals surface area (Å²) in [5.74, 6) is 0. The van der Waals surface area contributed by atoms with Crippen LogP contribution in [-0.2, 0) is 10.0 Å². The van der Waals surface area contributed by atoms with Crippen molar-refractivity contribution >= 4 is 39.3 Å². The fourth-order valence-electron chi connectivity index (χ4n) is 2.94. The number of rotatable bonds is 4. The highest BCUT2D eigenvalue weighted by molar-refractivity contribution is 7.89. The third-order valence-corrected chi connectivity index (χ3v) is 7.18. The molecule has 0 bridgehead atoms. The van der Waals surface area contributed by atoms with Crippen molar-refractivity contribution in [2.24, 2.45) is 0 Å². The van der Waals surface area contributed by atoms with Crippen molar-refractivity contribution in [3.8, 4) is 0 Å². The molecule has 1 fully saturated rings. The average molecular weight is 443 g/mol.